The number of halogens is 1. The average Bonchev–Trinajstić information content (AvgIpc) is 2.64. The highest BCUT2D eigenvalue weighted by Gasteiger charge is 2.10. The minimum absolute atomic E-state index is 0.483. The van der Waals surface area contributed by atoms with Crippen LogP contribution < -0.4 is 5.32 Å². The first-order valence-corrected chi connectivity index (χ1v) is 6.19. The molecule has 0 saturated carbocycles. The summed E-state index contributed by atoms with van der Waals surface area (Å²) in [6.07, 6.45) is 0.746. The fourth-order valence-electron chi connectivity index (χ4n) is 1.56. The third-order valence-electron chi connectivity index (χ3n) is 2.81. The van der Waals surface area contributed by atoms with E-state index in [1.54, 1.807) is 4.68 Å². The highest BCUT2D eigenvalue weighted by atomic mass is 35.5. The zero-order chi connectivity index (χ0) is 13.3. The summed E-state index contributed by atoms with van der Waals surface area (Å²) in [6.45, 7) is 5.88. The third-order valence-corrected chi connectivity index (χ3v) is 3.18. The quantitative estimate of drug-likeness (QED) is 0.867. The predicted molar refractivity (Wildman–Crippen MR) is 72.4 cm³/mol. The van der Waals surface area contributed by atoms with Gasteiger partial charge < -0.3 is 5.32 Å². The molecule has 2 heterocycles. The molecule has 0 fully saturated rings. The lowest BCUT2D eigenvalue weighted by Crippen LogP contribution is -2.03. The Labute approximate surface area is 111 Å². The van der Waals surface area contributed by atoms with Crippen molar-refractivity contribution in [1.82, 2.24) is 19.7 Å². The van der Waals surface area contributed by atoms with Crippen LogP contribution in [0.15, 0.2) is 6.07 Å². The fraction of sp³-hybridized carbons (Fsp3) is 0.417. The highest BCUT2D eigenvalue weighted by molar-refractivity contribution is 6.30. The second-order valence-corrected chi connectivity index (χ2v) is 4.54. The Morgan fingerprint density at radius 2 is 2.06 bits per heavy atom. The number of aryl methyl sites for hydroxylation is 3. The van der Waals surface area contributed by atoms with Crippen molar-refractivity contribution in [3.63, 3.8) is 0 Å². The van der Waals surface area contributed by atoms with Crippen LogP contribution in [0.4, 0.5) is 11.6 Å². The van der Waals surface area contributed by atoms with Gasteiger partial charge in [-0.25, -0.2) is 9.97 Å². The monoisotopic (exact) mass is 265 g/mol. The van der Waals surface area contributed by atoms with Crippen LogP contribution in [0, 0.1) is 13.8 Å². The zero-order valence-electron chi connectivity index (χ0n) is 11.0. The minimum atomic E-state index is 0.483. The van der Waals surface area contributed by atoms with E-state index in [1.807, 2.05) is 33.9 Å². The Morgan fingerprint density at radius 3 is 2.61 bits per heavy atom. The van der Waals surface area contributed by atoms with Gasteiger partial charge in [-0.3, -0.25) is 4.68 Å². The lowest BCUT2D eigenvalue weighted by atomic mass is 10.3. The number of aromatic nitrogens is 4. The van der Waals surface area contributed by atoms with Crippen LogP contribution in [0.5, 0.6) is 0 Å². The molecule has 0 aromatic carbocycles. The van der Waals surface area contributed by atoms with Gasteiger partial charge in [0.25, 0.3) is 0 Å². The molecule has 0 aliphatic heterocycles. The van der Waals surface area contributed by atoms with Gasteiger partial charge in [0.2, 0.25) is 0 Å². The molecular weight excluding hydrogens is 250 g/mol. The summed E-state index contributed by atoms with van der Waals surface area (Å²) in [5, 5.41) is 8.00. The lowest BCUT2D eigenvalue weighted by Gasteiger charge is -2.08. The fourth-order valence-corrected chi connectivity index (χ4v) is 1.74. The number of anilines is 2. The van der Waals surface area contributed by atoms with Crippen molar-refractivity contribution in [2.45, 2.75) is 27.2 Å². The maximum absolute atomic E-state index is 6.08. The number of nitrogens with one attached hydrogen (secondary N) is 1. The van der Waals surface area contributed by atoms with Crippen LogP contribution >= 0.6 is 11.6 Å². The molecule has 0 bridgehead atoms. The molecule has 5 nitrogen and oxygen atoms in total. The molecule has 0 amide bonds. The Balaban J connectivity index is 2.36. The largest absolute Gasteiger partial charge is 0.323 e. The van der Waals surface area contributed by atoms with Crippen molar-refractivity contribution < 1.29 is 0 Å². The van der Waals surface area contributed by atoms with E-state index >= 15 is 0 Å². The van der Waals surface area contributed by atoms with E-state index in [1.165, 1.54) is 0 Å². The van der Waals surface area contributed by atoms with Gasteiger partial charge in [-0.2, -0.15) is 5.10 Å². The Bertz CT molecular complexity index is 557. The summed E-state index contributed by atoms with van der Waals surface area (Å²) in [5.74, 6) is 2.20. The SMILES string of the molecule is CCc1nc(Cl)c(C)c(Nc2cc(C)n(C)n2)n1. The molecule has 18 heavy (non-hydrogen) atoms. The first-order valence-electron chi connectivity index (χ1n) is 5.82. The van der Waals surface area contributed by atoms with Crippen LogP contribution in [0.2, 0.25) is 5.15 Å². The van der Waals surface area contributed by atoms with Crippen LogP contribution in [0.25, 0.3) is 0 Å². The van der Waals surface area contributed by atoms with Gasteiger partial charge in [-0.15, -0.1) is 0 Å². The smallest absolute Gasteiger partial charge is 0.153 e. The standard InChI is InChI=1S/C12H16ClN5/c1-5-9-14-11(13)8(3)12(15-9)16-10-6-7(2)18(4)17-10/h6H,5H2,1-4H3,(H,14,15,16,17). The van der Waals surface area contributed by atoms with Gasteiger partial charge in [0.05, 0.1) is 0 Å². The second kappa shape index (κ2) is 4.94. The van der Waals surface area contributed by atoms with Gasteiger partial charge in [0.15, 0.2) is 5.82 Å². The first kappa shape index (κ1) is 12.8. The van der Waals surface area contributed by atoms with Crippen molar-refractivity contribution in [3.05, 3.63) is 28.3 Å². The third kappa shape index (κ3) is 2.46. The molecule has 2 aromatic rings. The average molecular weight is 266 g/mol. The molecule has 2 aromatic heterocycles. The maximum Gasteiger partial charge on any atom is 0.153 e. The summed E-state index contributed by atoms with van der Waals surface area (Å²) in [5.41, 5.74) is 1.91. The van der Waals surface area contributed by atoms with Crippen molar-refractivity contribution in [2.75, 3.05) is 5.32 Å². The van der Waals surface area contributed by atoms with Gasteiger partial charge >= 0.3 is 0 Å². The molecule has 0 radical (unpaired) electrons. The summed E-state index contributed by atoms with van der Waals surface area (Å²) < 4.78 is 1.81. The molecule has 96 valence electrons. The van der Waals surface area contributed by atoms with E-state index in [0.717, 1.165) is 29.3 Å². The van der Waals surface area contributed by atoms with Crippen LogP contribution in [0.1, 0.15) is 24.0 Å². The van der Waals surface area contributed by atoms with Crippen LogP contribution in [-0.2, 0) is 13.5 Å². The van der Waals surface area contributed by atoms with E-state index in [9.17, 15) is 0 Å². The predicted octanol–water partition coefficient (Wildman–Crippen LogP) is 2.79. The molecular formula is C12H16ClN5. The molecule has 6 heteroatoms. The van der Waals surface area contributed by atoms with E-state index in [0.29, 0.717) is 11.0 Å². The van der Waals surface area contributed by atoms with Crippen molar-refractivity contribution in [1.29, 1.82) is 0 Å². The molecule has 0 aliphatic carbocycles. The van der Waals surface area contributed by atoms with E-state index in [2.05, 4.69) is 20.4 Å². The normalized spacial score (nSPS) is 10.7. The van der Waals surface area contributed by atoms with Crippen LogP contribution in [-0.4, -0.2) is 19.7 Å². The molecule has 0 aliphatic rings. The summed E-state index contributed by atoms with van der Waals surface area (Å²) in [6, 6.07) is 1.96. The number of hydrogen-bond acceptors (Lipinski definition) is 4. The minimum Gasteiger partial charge on any atom is -0.323 e. The van der Waals surface area contributed by atoms with E-state index in [4.69, 9.17) is 11.6 Å². The summed E-state index contributed by atoms with van der Waals surface area (Å²) >= 11 is 6.08. The van der Waals surface area contributed by atoms with Gasteiger partial charge in [0, 0.05) is 30.8 Å². The molecule has 0 unspecified atom stereocenters. The Kier molecular flexibility index (Phi) is 3.52. The lowest BCUT2D eigenvalue weighted by molar-refractivity contribution is 0.743. The second-order valence-electron chi connectivity index (χ2n) is 4.18. The molecule has 1 N–H and O–H groups in total. The number of hydrogen-bond donors (Lipinski definition) is 1. The van der Waals surface area contributed by atoms with Crippen molar-refractivity contribution in [3.8, 4) is 0 Å². The number of nitrogens with zero attached hydrogens (tertiary/aromatic N) is 4. The maximum atomic E-state index is 6.08. The molecule has 0 saturated heterocycles. The summed E-state index contributed by atoms with van der Waals surface area (Å²) in [4.78, 5) is 8.63. The molecule has 0 spiro atoms. The Hall–Kier alpha value is -1.62. The first-order chi connectivity index (χ1) is 8.51. The van der Waals surface area contributed by atoms with Crippen molar-refractivity contribution >= 4 is 23.2 Å². The number of rotatable bonds is 3. The highest BCUT2D eigenvalue weighted by Crippen LogP contribution is 2.23. The molecule has 0 atom stereocenters. The van der Waals surface area contributed by atoms with E-state index < -0.39 is 0 Å². The topological polar surface area (TPSA) is 55.6 Å². The van der Waals surface area contributed by atoms with Gasteiger partial charge in [-0.1, -0.05) is 18.5 Å². The summed E-state index contributed by atoms with van der Waals surface area (Å²) in [7, 11) is 1.90. The van der Waals surface area contributed by atoms with Crippen LogP contribution in [0.3, 0.4) is 0 Å². The molecule has 2 rings (SSSR count). The van der Waals surface area contributed by atoms with Gasteiger partial charge in [-0.05, 0) is 13.8 Å². The Morgan fingerprint density at radius 1 is 1.33 bits per heavy atom. The van der Waals surface area contributed by atoms with Gasteiger partial charge in [0.1, 0.15) is 16.8 Å². The van der Waals surface area contributed by atoms with E-state index in [-0.39, 0.29) is 0 Å². The zero-order valence-corrected chi connectivity index (χ0v) is 11.7. The van der Waals surface area contributed by atoms with Crippen molar-refractivity contribution in [2.24, 2.45) is 7.05 Å².